The summed E-state index contributed by atoms with van der Waals surface area (Å²) in [5.74, 6) is -0.236. The Kier molecular flexibility index (Phi) is 5.89. The summed E-state index contributed by atoms with van der Waals surface area (Å²) in [5, 5.41) is 8.52. The van der Waals surface area contributed by atoms with Gasteiger partial charge in [0, 0.05) is 6.04 Å². The summed E-state index contributed by atoms with van der Waals surface area (Å²) in [4.78, 5) is 13.2. The van der Waals surface area contributed by atoms with Crippen molar-refractivity contribution >= 4 is 5.97 Å². The Labute approximate surface area is 85.5 Å². The van der Waals surface area contributed by atoms with Crippen LogP contribution in [0.5, 0.6) is 0 Å². The van der Waals surface area contributed by atoms with Crippen molar-refractivity contribution in [1.82, 2.24) is 4.90 Å². The molecule has 4 nitrogen and oxygen atoms in total. The summed E-state index contributed by atoms with van der Waals surface area (Å²) in [6, 6.07) is 1.86. The van der Waals surface area contributed by atoms with Gasteiger partial charge in [-0.3, -0.25) is 9.69 Å². The molecule has 4 heteroatoms. The normalized spacial score (nSPS) is 14.6. The predicted octanol–water partition coefficient (Wildman–Crippen LogP) is 1.17. The highest BCUT2D eigenvalue weighted by Gasteiger charge is 2.22. The van der Waals surface area contributed by atoms with E-state index in [0.29, 0.717) is 13.0 Å². The Bertz CT molecular complexity index is 223. The number of hydrogen-bond donors (Lipinski definition) is 0. The van der Waals surface area contributed by atoms with Gasteiger partial charge in [-0.15, -0.1) is 0 Å². The number of esters is 1. The van der Waals surface area contributed by atoms with Crippen molar-refractivity contribution in [2.24, 2.45) is 0 Å². The van der Waals surface area contributed by atoms with E-state index in [1.807, 2.05) is 18.9 Å². The van der Waals surface area contributed by atoms with Crippen LogP contribution in [0, 0.1) is 11.3 Å². The zero-order valence-corrected chi connectivity index (χ0v) is 9.28. The largest absolute Gasteiger partial charge is 0.465 e. The maximum Gasteiger partial charge on any atom is 0.323 e. The van der Waals surface area contributed by atoms with Crippen molar-refractivity contribution in [3.05, 3.63) is 0 Å². The fourth-order valence-electron chi connectivity index (χ4n) is 1.09. The summed E-state index contributed by atoms with van der Waals surface area (Å²) >= 11 is 0. The third-order valence-electron chi connectivity index (χ3n) is 2.32. The van der Waals surface area contributed by atoms with Crippen molar-refractivity contribution < 1.29 is 9.53 Å². The van der Waals surface area contributed by atoms with Crippen LogP contribution in [0.25, 0.3) is 0 Å². The molecule has 0 N–H and O–H groups in total. The minimum atomic E-state index is -0.293. The molecule has 0 fully saturated rings. The molecule has 0 spiro atoms. The van der Waals surface area contributed by atoms with Gasteiger partial charge in [0.15, 0.2) is 0 Å². The molecular formula is C10H18N2O2. The zero-order valence-electron chi connectivity index (χ0n) is 9.28. The van der Waals surface area contributed by atoms with Crippen LogP contribution in [0.4, 0.5) is 0 Å². The number of carbonyl (C=O) groups is 1. The summed E-state index contributed by atoms with van der Waals surface area (Å²) in [5.41, 5.74) is 0. The van der Waals surface area contributed by atoms with E-state index in [0.717, 1.165) is 0 Å². The number of rotatable bonds is 5. The van der Waals surface area contributed by atoms with Gasteiger partial charge in [0.25, 0.3) is 0 Å². The first kappa shape index (κ1) is 12.9. The molecule has 2 unspecified atom stereocenters. The molecule has 0 heterocycles. The molecule has 0 bridgehead atoms. The molecule has 0 aliphatic heterocycles. The van der Waals surface area contributed by atoms with Gasteiger partial charge in [-0.1, -0.05) is 0 Å². The van der Waals surface area contributed by atoms with Crippen molar-refractivity contribution in [3.63, 3.8) is 0 Å². The van der Waals surface area contributed by atoms with Crippen LogP contribution in [0.2, 0.25) is 0 Å². The van der Waals surface area contributed by atoms with Crippen LogP contribution in [-0.4, -0.2) is 36.6 Å². The minimum absolute atomic E-state index is 0.0689. The second-order valence-electron chi connectivity index (χ2n) is 3.30. The van der Waals surface area contributed by atoms with E-state index in [4.69, 9.17) is 10.00 Å². The topological polar surface area (TPSA) is 53.3 Å². The van der Waals surface area contributed by atoms with Gasteiger partial charge in [0.05, 0.1) is 19.1 Å². The third-order valence-corrected chi connectivity index (χ3v) is 2.32. The van der Waals surface area contributed by atoms with E-state index < -0.39 is 0 Å². The highest BCUT2D eigenvalue weighted by molar-refractivity contribution is 5.75. The number of likely N-dealkylation sites (N-methyl/N-ethyl adjacent to an activating group) is 1. The predicted molar refractivity (Wildman–Crippen MR) is 53.6 cm³/mol. The van der Waals surface area contributed by atoms with Crippen LogP contribution in [0.3, 0.4) is 0 Å². The molecule has 0 saturated heterocycles. The monoisotopic (exact) mass is 198 g/mol. The summed E-state index contributed by atoms with van der Waals surface area (Å²) in [6.07, 6.45) is 0.417. The van der Waals surface area contributed by atoms with Gasteiger partial charge in [0.1, 0.15) is 6.04 Å². The highest BCUT2D eigenvalue weighted by Crippen LogP contribution is 2.06. The average Bonchev–Trinajstić information content (AvgIpc) is 2.16. The van der Waals surface area contributed by atoms with Crippen LogP contribution >= 0.6 is 0 Å². The zero-order chi connectivity index (χ0) is 11.1. The Morgan fingerprint density at radius 2 is 2.14 bits per heavy atom. The lowest BCUT2D eigenvalue weighted by Crippen LogP contribution is -2.42. The molecule has 80 valence electrons. The average molecular weight is 198 g/mol. The number of hydrogen-bond acceptors (Lipinski definition) is 4. The van der Waals surface area contributed by atoms with E-state index in [1.165, 1.54) is 0 Å². The SMILES string of the molecule is CCOC(=O)C(C)N(C)C(C)CC#N. The van der Waals surface area contributed by atoms with Crippen LogP contribution in [-0.2, 0) is 9.53 Å². The summed E-state index contributed by atoms with van der Waals surface area (Å²) < 4.78 is 4.89. The lowest BCUT2D eigenvalue weighted by atomic mass is 10.2. The van der Waals surface area contributed by atoms with Gasteiger partial charge in [-0.2, -0.15) is 5.26 Å². The quantitative estimate of drug-likeness (QED) is 0.622. The molecule has 0 amide bonds. The maximum absolute atomic E-state index is 11.3. The minimum Gasteiger partial charge on any atom is -0.465 e. The van der Waals surface area contributed by atoms with Gasteiger partial charge in [0.2, 0.25) is 0 Å². The highest BCUT2D eigenvalue weighted by atomic mass is 16.5. The molecule has 0 saturated carbocycles. The van der Waals surface area contributed by atoms with Gasteiger partial charge >= 0.3 is 5.97 Å². The van der Waals surface area contributed by atoms with Crippen LogP contribution < -0.4 is 0 Å². The van der Waals surface area contributed by atoms with Gasteiger partial charge < -0.3 is 4.74 Å². The fraction of sp³-hybridized carbons (Fsp3) is 0.800. The number of nitrogens with zero attached hydrogens (tertiary/aromatic N) is 2. The summed E-state index contributed by atoms with van der Waals surface area (Å²) in [7, 11) is 1.82. The Hall–Kier alpha value is -1.08. The first-order valence-electron chi connectivity index (χ1n) is 4.80. The van der Waals surface area contributed by atoms with E-state index in [9.17, 15) is 4.79 Å². The van der Waals surface area contributed by atoms with Crippen molar-refractivity contribution in [3.8, 4) is 6.07 Å². The Morgan fingerprint density at radius 3 is 2.57 bits per heavy atom. The molecule has 14 heavy (non-hydrogen) atoms. The number of carbonyl (C=O) groups excluding carboxylic acids is 1. The van der Waals surface area contributed by atoms with E-state index >= 15 is 0 Å². The molecule has 0 rings (SSSR count). The first-order valence-corrected chi connectivity index (χ1v) is 4.80. The summed E-state index contributed by atoms with van der Waals surface area (Å²) in [6.45, 7) is 5.87. The first-order chi connectivity index (χ1) is 6.54. The molecule has 0 radical (unpaired) electrons. The van der Waals surface area contributed by atoms with Crippen molar-refractivity contribution in [1.29, 1.82) is 5.26 Å². The second kappa shape index (κ2) is 6.39. The third kappa shape index (κ3) is 3.75. The maximum atomic E-state index is 11.3. The Morgan fingerprint density at radius 1 is 1.57 bits per heavy atom. The molecule has 2 atom stereocenters. The van der Waals surface area contributed by atoms with Crippen molar-refractivity contribution in [2.45, 2.75) is 39.3 Å². The second-order valence-corrected chi connectivity index (χ2v) is 3.30. The Balaban J connectivity index is 4.17. The molecule has 0 aromatic heterocycles. The van der Waals surface area contributed by atoms with E-state index in [2.05, 4.69) is 6.07 Å². The number of nitriles is 1. The van der Waals surface area contributed by atoms with Crippen molar-refractivity contribution in [2.75, 3.05) is 13.7 Å². The van der Waals surface area contributed by atoms with E-state index in [1.54, 1.807) is 13.8 Å². The lowest BCUT2D eigenvalue weighted by Gasteiger charge is -2.27. The molecule has 0 aromatic carbocycles. The van der Waals surface area contributed by atoms with E-state index in [-0.39, 0.29) is 18.1 Å². The lowest BCUT2D eigenvalue weighted by molar-refractivity contribution is -0.149. The standard InChI is InChI=1S/C10H18N2O2/c1-5-14-10(13)9(3)12(4)8(2)6-7-11/h8-9H,5-6H2,1-4H3. The van der Waals surface area contributed by atoms with Crippen LogP contribution in [0.1, 0.15) is 27.2 Å². The molecule has 0 aromatic rings. The van der Waals surface area contributed by atoms with Gasteiger partial charge in [-0.05, 0) is 27.8 Å². The molecule has 0 aliphatic carbocycles. The molecular weight excluding hydrogens is 180 g/mol. The smallest absolute Gasteiger partial charge is 0.323 e. The van der Waals surface area contributed by atoms with Gasteiger partial charge in [-0.25, -0.2) is 0 Å². The molecule has 0 aliphatic rings. The number of ether oxygens (including phenoxy) is 1. The van der Waals surface area contributed by atoms with Crippen LogP contribution in [0.15, 0.2) is 0 Å². The fourth-order valence-corrected chi connectivity index (χ4v) is 1.09.